The zero-order chi connectivity index (χ0) is 15.5. The third kappa shape index (κ3) is 3.14. The fourth-order valence-corrected chi connectivity index (χ4v) is 2.82. The molecule has 2 aromatic carbocycles. The zero-order valence-electron chi connectivity index (χ0n) is 13.2. The second kappa shape index (κ2) is 6.22. The molecule has 1 aliphatic rings. The third-order valence-corrected chi connectivity index (χ3v) is 4.37. The lowest BCUT2D eigenvalue weighted by Gasteiger charge is -2.17. The summed E-state index contributed by atoms with van der Waals surface area (Å²) < 4.78 is 0. The van der Waals surface area contributed by atoms with Gasteiger partial charge >= 0.3 is 0 Å². The van der Waals surface area contributed by atoms with Crippen LogP contribution in [-0.4, -0.2) is 19.0 Å². The molecule has 0 spiro atoms. The first-order valence-corrected chi connectivity index (χ1v) is 7.87. The molecule has 0 saturated carbocycles. The summed E-state index contributed by atoms with van der Waals surface area (Å²) in [5.74, 6) is -0.0591. The number of carbonyl (C=O) groups excluding carboxylic acids is 1. The molecule has 1 N–H and O–H groups in total. The molecular formula is C19H22N2O. The molecule has 0 unspecified atom stereocenters. The van der Waals surface area contributed by atoms with Gasteiger partial charge in [0, 0.05) is 30.0 Å². The molecular weight excluding hydrogens is 272 g/mol. The Kier molecular flexibility index (Phi) is 4.14. The van der Waals surface area contributed by atoms with Gasteiger partial charge in [0.2, 0.25) is 0 Å². The summed E-state index contributed by atoms with van der Waals surface area (Å²) in [4.78, 5) is 14.7. The number of amides is 1. The minimum Gasteiger partial charge on any atom is -0.372 e. The Hall–Kier alpha value is -2.29. The molecule has 114 valence electrons. The Morgan fingerprint density at radius 3 is 2.27 bits per heavy atom. The summed E-state index contributed by atoms with van der Waals surface area (Å²) in [6.45, 7) is 6.36. The Bertz CT molecular complexity index is 670. The number of anilines is 2. The molecule has 2 aromatic rings. The standard InChI is InChI=1S/C19H22N2O/c1-14-5-8-17(13-15(14)2)20-19(22)16-6-9-18(10-7-16)21-11-3-4-12-21/h5-10,13H,3-4,11-12H2,1-2H3,(H,20,22). The van der Waals surface area contributed by atoms with Crippen LogP contribution in [0, 0.1) is 13.8 Å². The zero-order valence-corrected chi connectivity index (χ0v) is 13.2. The Labute approximate surface area is 132 Å². The predicted octanol–water partition coefficient (Wildman–Crippen LogP) is 4.16. The molecule has 1 fully saturated rings. The van der Waals surface area contributed by atoms with Crippen molar-refractivity contribution in [3.8, 4) is 0 Å². The summed E-state index contributed by atoms with van der Waals surface area (Å²) in [6.07, 6.45) is 2.52. The van der Waals surface area contributed by atoms with Crippen molar-refractivity contribution in [2.45, 2.75) is 26.7 Å². The van der Waals surface area contributed by atoms with Gasteiger partial charge in [0.1, 0.15) is 0 Å². The van der Waals surface area contributed by atoms with Crippen LogP contribution in [0.4, 0.5) is 11.4 Å². The first-order chi connectivity index (χ1) is 10.6. The van der Waals surface area contributed by atoms with Gasteiger partial charge < -0.3 is 10.2 Å². The summed E-state index contributed by atoms with van der Waals surface area (Å²) >= 11 is 0. The number of hydrogen-bond donors (Lipinski definition) is 1. The molecule has 1 saturated heterocycles. The van der Waals surface area contributed by atoms with Crippen LogP contribution in [0.2, 0.25) is 0 Å². The minimum absolute atomic E-state index is 0.0591. The van der Waals surface area contributed by atoms with Crippen LogP contribution in [-0.2, 0) is 0 Å². The number of aryl methyl sites for hydroxylation is 2. The number of rotatable bonds is 3. The molecule has 1 amide bonds. The molecule has 0 aromatic heterocycles. The first-order valence-electron chi connectivity index (χ1n) is 7.87. The number of hydrogen-bond acceptors (Lipinski definition) is 2. The smallest absolute Gasteiger partial charge is 0.255 e. The van der Waals surface area contributed by atoms with Gasteiger partial charge in [-0.05, 0) is 74.2 Å². The Morgan fingerprint density at radius 1 is 0.955 bits per heavy atom. The van der Waals surface area contributed by atoms with Crippen LogP contribution >= 0.6 is 0 Å². The quantitative estimate of drug-likeness (QED) is 0.922. The van der Waals surface area contributed by atoms with Crippen molar-refractivity contribution in [1.29, 1.82) is 0 Å². The van der Waals surface area contributed by atoms with Crippen molar-refractivity contribution >= 4 is 17.3 Å². The van der Waals surface area contributed by atoms with Crippen molar-refractivity contribution in [3.63, 3.8) is 0 Å². The van der Waals surface area contributed by atoms with E-state index in [4.69, 9.17) is 0 Å². The molecule has 3 nitrogen and oxygen atoms in total. The van der Waals surface area contributed by atoms with E-state index in [0.717, 1.165) is 18.8 Å². The summed E-state index contributed by atoms with van der Waals surface area (Å²) in [5.41, 5.74) is 5.16. The van der Waals surface area contributed by atoms with E-state index in [1.165, 1.54) is 29.7 Å². The summed E-state index contributed by atoms with van der Waals surface area (Å²) in [6, 6.07) is 13.9. The lowest BCUT2D eigenvalue weighted by atomic mass is 10.1. The van der Waals surface area contributed by atoms with E-state index in [2.05, 4.69) is 24.1 Å². The van der Waals surface area contributed by atoms with Crippen molar-refractivity contribution in [2.75, 3.05) is 23.3 Å². The molecule has 0 atom stereocenters. The summed E-state index contributed by atoms with van der Waals surface area (Å²) in [7, 11) is 0. The SMILES string of the molecule is Cc1ccc(NC(=O)c2ccc(N3CCCC3)cc2)cc1C. The van der Waals surface area contributed by atoms with Gasteiger partial charge in [0.25, 0.3) is 5.91 Å². The Balaban J connectivity index is 1.70. The lowest BCUT2D eigenvalue weighted by molar-refractivity contribution is 0.102. The van der Waals surface area contributed by atoms with Crippen LogP contribution in [0.15, 0.2) is 42.5 Å². The largest absolute Gasteiger partial charge is 0.372 e. The van der Waals surface area contributed by atoms with Gasteiger partial charge in [-0.3, -0.25) is 4.79 Å². The monoisotopic (exact) mass is 294 g/mol. The highest BCUT2D eigenvalue weighted by Crippen LogP contribution is 2.21. The average molecular weight is 294 g/mol. The second-order valence-corrected chi connectivity index (χ2v) is 5.99. The first kappa shape index (κ1) is 14.6. The van der Waals surface area contributed by atoms with Crippen LogP contribution in [0.5, 0.6) is 0 Å². The fourth-order valence-electron chi connectivity index (χ4n) is 2.82. The average Bonchev–Trinajstić information content (AvgIpc) is 3.05. The maximum Gasteiger partial charge on any atom is 0.255 e. The van der Waals surface area contributed by atoms with Crippen LogP contribution in [0.3, 0.4) is 0 Å². The van der Waals surface area contributed by atoms with Crippen molar-refractivity contribution in [2.24, 2.45) is 0 Å². The lowest BCUT2D eigenvalue weighted by Crippen LogP contribution is -2.18. The maximum absolute atomic E-state index is 12.3. The minimum atomic E-state index is -0.0591. The molecule has 0 aliphatic carbocycles. The van der Waals surface area contributed by atoms with Crippen molar-refractivity contribution < 1.29 is 4.79 Å². The fraction of sp³-hybridized carbons (Fsp3) is 0.316. The van der Waals surface area contributed by atoms with E-state index < -0.39 is 0 Å². The highest BCUT2D eigenvalue weighted by Gasteiger charge is 2.13. The molecule has 1 aliphatic heterocycles. The second-order valence-electron chi connectivity index (χ2n) is 5.99. The molecule has 22 heavy (non-hydrogen) atoms. The number of nitrogens with zero attached hydrogens (tertiary/aromatic N) is 1. The maximum atomic E-state index is 12.3. The molecule has 1 heterocycles. The van der Waals surface area contributed by atoms with Gasteiger partial charge in [-0.15, -0.1) is 0 Å². The molecule has 3 rings (SSSR count). The van der Waals surface area contributed by atoms with E-state index in [9.17, 15) is 4.79 Å². The molecule has 3 heteroatoms. The van der Waals surface area contributed by atoms with E-state index in [1.807, 2.05) is 42.5 Å². The van der Waals surface area contributed by atoms with Crippen molar-refractivity contribution in [1.82, 2.24) is 0 Å². The molecule has 0 bridgehead atoms. The van der Waals surface area contributed by atoms with E-state index >= 15 is 0 Å². The van der Waals surface area contributed by atoms with Gasteiger partial charge in [0.15, 0.2) is 0 Å². The van der Waals surface area contributed by atoms with Crippen molar-refractivity contribution in [3.05, 3.63) is 59.2 Å². The Morgan fingerprint density at radius 2 is 1.64 bits per heavy atom. The van der Waals surface area contributed by atoms with Crippen LogP contribution < -0.4 is 10.2 Å². The van der Waals surface area contributed by atoms with Crippen LogP contribution in [0.25, 0.3) is 0 Å². The number of benzene rings is 2. The highest BCUT2D eigenvalue weighted by molar-refractivity contribution is 6.04. The van der Waals surface area contributed by atoms with E-state index in [0.29, 0.717) is 5.56 Å². The summed E-state index contributed by atoms with van der Waals surface area (Å²) in [5, 5.41) is 2.96. The van der Waals surface area contributed by atoms with Gasteiger partial charge in [-0.1, -0.05) is 6.07 Å². The normalized spacial score (nSPS) is 14.2. The predicted molar refractivity (Wildman–Crippen MR) is 91.8 cm³/mol. The topological polar surface area (TPSA) is 32.3 Å². The van der Waals surface area contributed by atoms with Gasteiger partial charge in [0.05, 0.1) is 0 Å². The third-order valence-electron chi connectivity index (χ3n) is 4.37. The van der Waals surface area contributed by atoms with Crippen LogP contribution in [0.1, 0.15) is 34.3 Å². The molecule has 0 radical (unpaired) electrons. The highest BCUT2D eigenvalue weighted by atomic mass is 16.1. The van der Waals surface area contributed by atoms with Gasteiger partial charge in [-0.2, -0.15) is 0 Å². The number of nitrogens with one attached hydrogen (secondary N) is 1. The number of carbonyl (C=O) groups is 1. The van der Waals surface area contributed by atoms with E-state index in [-0.39, 0.29) is 5.91 Å². The van der Waals surface area contributed by atoms with E-state index in [1.54, 1.807) is 0 Å². The van der Waals surface area contributed by atoms with Gasteiger partial charge in [-0.25, -0.2) is 0 Å².